The SMILES string of the molecule is C#CCC(C)(C(=O)O)C1CC1. The van der Waals surface area contributed by atoms with E-state index in [1.54, 1.807) is 6.92 Å². The molecule has 60 valence electrons. The first-order valence-electron chi connectivity index (χ1n) is 3.78. The van der Waals surface area contributed by atoms with Crippen molar-refractivity contribution < 1.29 is 9.90 Å². The van der Waals surface area contributed by atoms with Gasteiger partial charge < -0.3 is 5.11 Å². The number of aliphatic carboxylic acids is 1. The maximum atomic E-state index is 10.8. The molecular formula is C9H12O2. The van der Waals surface area contributed by atoms with Crippen LogP contribution in [0, 0.1) is 23.7 Å². The first kappa shape index (κ1) is 8.13. The van der Waals surface area contributed by atoms with Crippen LogP contribution in [0.5, 0.6) is 0 Å². The molecule has 0 saturated heterocycles. The molecule has 0 radical (unpaired) electrons. The summed E-state index contributed by atoms with van der Waals surface area (Å²) in [6.45, 7) is 1.74. The van der Waals surface area contributed by atoms with Gasteiger partial charge in [-0.1, -0.05) is 0 Å². The van der Waals surface area contributed by atoms with Gasteiger partial charge in [-0.25, -0.2) is 0 Å². The molecule has 11 heavy (non-hydrogen) atoms. The summed E-state index contributed by atoms with van der Waals surface area (Å²) in [4.78, 5) is 10.8. The summed E-state index contributed by atoms with van der Waals surface area (Å²) in [5, 5.41) is 8.88. The van der Waals surface area contributed by atoms with E-state index in [9.17, 15) is 4.79 Å². The fraction of sp³-hybridized carbons (Fsp3) is 0.667. The number of carboxylic acid groups (broad SMARTS) is 1. The molecule has 0 aromatic heterocycles. The second kappa shape index (κ2) is 2.58. The number of carbonyl (C=O) groups is 1. The average molecular weight is 152 g/mol. The number of rotatable bonds is 3. The van der Waals surface area contributed by atoms with E-state index in [0.29, 0.717) is 12.3 Å². The highest BCUT2D eigenvalue weighted by Crippen LogP contribution is 2.47. The van der Waals surface area contributed by atoms with Gasteiger partial charge in [-0.2, -0.15) is 0 Å². The van der Waals surface area contributed by atoms with Gasteiger partial charge in [-0.05, 0) is 25.7 Å². The molecule has 0 spiro atoms. The van der Waals surface area contributed by atoms with Crippen molar-refractivity contribution >= 4 is 5.97 Å². The van der Waals surface area contributed by atoms with Gasteiger partial charge in [0.25, 0.3) is 0 Å². The van der Waals surface area contributed by atoms with Crippen molar-refractivity contribution in [3.63, 3.8) is 0 Å². The zero-order valence-electron chi connectivity index (χ0n) is 6.63. The van der Waals surface area contributed by atoms with Gasteiger partial charge >= 0.3 is 5.97 Å². The molecule has 0 bridgehead atoms. The van der Waals surface area contributed by atoms with Gasteiger partial charge in [0.2, 0.25) is 0 Å². The summed E-state index contributed by atoms with van der Waals surface area (Å²) < 4.78 is 0. The molecule has 1 N–H and O–H groups in total. The van der Waals surface area contributed by atoms with Crippen LogP contribution in [0.25, 0.3) is 0 Å². The lowest BCUT2D eigenvalue weighted by molar-refractivity contribution is -0.148. The largest absolute Gasteiger partial charge is 0.481 e. The van der Waals surface area contributed by atoms with Crippen LogP contribution in [0.4, 0.5) is 0 Å². The molecule has 0 aliphatic heterocycles. The fourth-order valence-corrected chi connectivity index (χ4v) is 1.33. The number of carboxylic acids is 1. The Morgan fingerprint density at radius 1 is 1.82 bits per heavy atom. The van der Waals surface area contributed by atoms with Crippen molar-refractivity contribution in [2.75, 3.05) is 0 Å². The lowest BCUT2D eigenvalue weighted by Gasteiger charge is -2.21. The Morgan fingerprint density at radius 2 is 2.36 bits per heavy atom. The third-order valence-electron chi connectivity index (χ3n) is 2.44. The van der Waals surface area contributed by atoms with Crippen molar-refractivity contribution in [1.82, 2.24) is 0 Å². The van der Waals surface area contributed by atoms with Crippen LogP contribution in [-0.4, -0.2) is 11.1 Å². The Hall–Kier alpha value is -0.970. The number of terminal acetylenes is 1. The minimum Gasteiger partial charge on any atom is -0.481 e. The highest BCUT2D eigenvalue weighted by molar-refractivity contribution is 5.75. The van der Waals surface area contributed by atoms with Crippen molar-refractivity contribution in [3.8, 4) is 12.3 Å². The van der Waals surface area contributed by atoms with E-state index >= 15 is 0 Å². The van der Waals surface area contributed by atoms with Crippen LogP contribution in [0.1, 0.15) is 26.2 Å². The Bertz CT molecular complexity index is 210. The summed E-state index contributed by atoms with van der Waals surface area (Å²) >= 11 is 0. The molecule has 0 heterocycles. The number of hydrogen-bond acceptors (Lipinski definition) is 1. The van der Waals surface area contributed by atoms with Crippen molar-refractivity contribution in [1.29, 1.82) is 0 Å². The van der Waals surface area contributed by atoms with E-state index in [2.05, 4.69) is 5.92 Å². The van der Waals surface area contributed by atoms with E-state index in [4.69, 9.17) is 11.5 Å². The number of hydrogen-bond donors (Lipinski definition) is 1. The zero-order chi connectivity index (χ0) is 8.48. The van der Waals surface area contributed by atoms with E-state index in [0.717, 1.165) is 12.8 Å². The van der Waals surface area contributed by atoms with Crippen LogP contribution < -0.4 is 0 Å². The Kier molecular flexibility index (Phi) is 1.90. The van der Waals surface area contributed by atoms with E-state index < -0.39 is 11.4 Å². The molecule has 1 rings (SSSR count). The topological polar surface area (TPSA) is 37.3 Å². The van der Waals surface area contributed by atoms with Crippen molar-refractivity contribution in [3.05, 3.63) is 0 Å². The molecule has 1 fully saturated rings. The van der Waals surface area contributed by atoms with Gasteiger partial charge in [0.1, 0.15) is 0 Å². The first-order chi connectivity index (χ1) is 5.11. The first-order valence-corrected chi connectivity index (χ1v) is 3.78. The molecule has 2 nitrogen and oxygen atoms in total. The summed E-state index contributed by atoms with van der Waals surface area (Å²) in [7, 11) is 0. The normalized spacial score (nSPS) is 21.8. The molecule has 1 aliphatic rings. The summed E-state index contributed by atoms with van der Waals surface area (Å²) in [6, 6.07) is 0. The van der Waals surface area contributed by atoms with Gasteiger partial charge in [0.15, 0.2) is 0 Å². The van der Waals surface area contributed by atoms with Crippen molar-refractivity contribution in [2.45, 2.75) is 26.2 Å². The van der Waals surface area contributed by atoms with Gasteiger partial charge in [-0.3, -0.25) is 4.79 Å². The van der Waals surface area contributed by atoms with Crippen LogP contribution in [-0.2, 0) is 4.79 Å². The Labute approximate surface area is 66.6 Å². The maximum Gasteiger partial charge on any atom is 0.310 e. The zero-order valence-corrected chi connectivity index (χ0v) is 6.63. The minimum absolute atomic E-state index is 0.316. The van der Waals surface area contributed by atoms with Crippen LogP contribution in [0.3, 0.4) is 0 Å². The maximum absolute atomic E-state index is 10.8. The summed E-state index contributed by atoms with van der Waals surface area (Å²) in [6.07, 6.45) is 7.50. The van der Waals surface area contributed by atoms with E-state index in [1.807, 2.05) is 0 Å². The fourth-order valence-electron chi connectivity index (χ4n) is 1.33. The second-order valence-electron chi connectivity index (χ2n) is 3.38. The van der Waals surface area contributed by atoms with Gasteiger partial charge in [-0.15, -0.1) is 12.3 Å². The minimum atomic E-state index is -0.752. The molecule has 0 aromatic carbocycles. The second-order valence-corrected chi connectivity index (χ2v) is 3.38. The van der Waals surface area contributed by atoms with E-state index in [-0.39, 0.29) is 0 Å². The highest BCUT2D eigenvalue weighted by Gasteiger charge is 2.46. The molecule has 0 amide bonds. The summed E-state index contributed by atoms with van der Waals surface area (Å²) in [5.74, 6) is 1.99. The molecule has 2 heteroatoms. The highest BCUT2D eigenvalue weighted by atomic mass is 16.4. The third-order valence-corrected chi connectivity index (χ3v) is 2.44. The molecule has 1 atom stereocenters. The standard InChI is InChI=1S/C9H12O2/c1-3-6-9(2,8(10)11)7-4-5-7/h1,7H,4-6H2,2H3,(H,10,11). The lowest BCUT2D eigenvalue weighted by atomic mass is 9.82. The molecule has 1 unspecified atom stereocenters. The van der Waals surface area contributed by atoms with Gasteiger partial charge in [0.05, 0.1) is 5.41 Å². The third kappa shape index (κ3) is 1.37. The monoisotopic (exact) mass is 152 g/mol. The molecule has 0 aromatic rings. The smallest absolute Gasteiger partial charge is 0.310 e. The summed E-state index contributed by atoms with van der Waals surface area (Å²) in [5.41, 5.74) is -0.658. The van der Waals surface area contributed by atoms with Gasteiger partial charge in [0, 0.05) is 6.42 Å². The predicted molar refractivity (Wildman–Crippen MR) is 41.9 cm³/mol. The Morgan fingerprint density at radius 3 is 2.64 bits per heavy atom. The lowest BCUT2D eigenvalue weighted by Crippen LogP contribution is -2.29. The van der Waals surface area contributed by atoms with Crippen LogP contribution >= 0.6 is 0 Å². The van der Waals surface area contributed by atoms with Crippen molar-refractivity contribution in [2.24, 2.45) is 11.3 Å². The Balaban J connectivity index is 2.70. The molecule has 1 aliphatic carbocycles. The average Bonchev–Trinajstić information content (AvgIpc) is 2.68. The predicted octanol–water partition coefficient (Wildman–Crippen LogP) is 1.51. The molecular weight excluding hydrogens is 140 g/mol. The quantitative estimate of drug-likeness (QED) is 0.622. The van der Waals surface area contributed by atoms with Crippen LogP contribution in [0.15, 0.2) is 0 Å². The van der Waals surface area contributed by atoms with E-state index in [1.165, 1.54) is 0 Å². The molecule has 1 saturated carbocycles. The van der Waals surface area contributed by atoms with Crippen LogP contribution in [0.2, 0.25) is 0 Å².